The molecule has 3 amide bonds. The molecule has 198 valence electrons. The average molecular weight is 549 g/mol. The van der Waals surface area contributed by atoms with Crippen molar-refractivity contribution < 1.29 is 19.1 Å². The van der Waals surface area contributed by atoms with E-state index in [1.54, 1.807) is 42.5 Å². The van der Waals surface area contributed by atoms with E-state index >= 15 is 0 Å². The molecule has 3 aliphatic carbocycles. The number of nitrogens with one attached hydrogen (secondary N) is 1. The fourth-order valence-electron chi connectivity index (χ4n) is 7.17. The molecule has 40 heavy (non-hydrogen) atoms. The molecule has 1 N–H and O–H groups in total. The lowest BCUT2D eigenvalue weighted by Gasteiger charge is -2.51. The predicted octanol–water partition coefficient (Wildman–Crippen LogP) is 6.39. The summed E-state index contributed by atoms with van der Waals surface area (Å²) in [5, 5.41) is 3.28. The minimum absolute atomic E-state index is 0.204. The third kappa shape index (κ3) is 3.20. The molecule has 4 aliphatic rings. The first-order valence-electron chi connectivity index (χ1n) is 13.2. The summed E-state index contributed by atoms with van der Waals surface area (Å²) >= 11 is 6.17. The first kappa shape index (κ1) is 24.6. The van der Waals surface area contributed by atoms with Crippen molar-refractivity contribution in [3.05, 3.63) is 124 Å². The lowest BCUT2D eigenvalue weighted by molar-refractivity contribution is -0.128. The molecule has 2 bridgehead atoms. The van der Waals surface area contributed by atoms with Crippen molar-refractivity contribution in [3.63, 3.8) is 0 Å². The Hall–Kier alpha value is -4.42. The fraction of sp³-hybridized carbons (Fsp3) is 0.182. The van der Waals surface area contributed by atoms with Crippen LogP contribution in [0.15, 0.2) is 91.0 Å². The Morgan fingerprint density at radius 2 is 1.48 bits per heavy atom. The van der Waals surface area contributed by atoms with Crippen LogP contribution in [0, 0.1) is 11.3 Å². The highest BCUT2D eigenvalue weighted by atomic mass is 35.5. The lowest BCUT2D eigenvalue weighted by Crippen LogP contribution is -2.49. The summed E-state index contributed by atoms with van der Waals surface area (Å²) in [5.74, 6) is -1.72. The molecule has 1 aliphatic heterocycles. The number of methoxy groups -OCH3 is 1. The van der Waals surface area contributed by atoms with Gasteiger partial charge in [-0.25, -0.2) is 4.90 Å². The second-order valence-electron chi connectivity index (χ2n) is 10.7. The number of hydrogen-bond donors (Lipinski definition) is 1. The van der Waals surface area contributed by atoms with E-state index in [-0.39, 0.29) is 34.9 Å². The van der Waals surface area contributed by atoms with E-state index < -0.39 is 17.2 Å². The van der Waals surface area contributed by atoms with E-state index in [2.05, 4.69) is 29.6 Å². The van der Waals surface area contributed by atoms with Gasteiger partial charge in [0.05, 0.1) is 35.4 Å². The van der Waals surface area contributed by atoms with Gasteiger partial charge in [-0.3, -0.25) is 14.4 Å². The molecule has 1 heterocycles. The number of nitrogens with zero attached hydrogens (tertiary/aromatic N) is 1. The molecule has 0 aromatic heterocycles. The van der Waals surface area contributed by atoms with Gasteiger partial charge in [0.2, 0.25) is 11.8 Å². The zero-order chi connectivity index (χ0) is 27.8. The number of hydrogen-bond acceptors (Lipinski definition) is 4. The van der Waals surface area contributed by atoms with Gasteiger partial charge in [-0.15, -0.1) is 0 Å². The van der Waals surface area contributed by atoms with E-state index in [0.29, 0.717) is 16.5 Å². The third-order valence-electron chi connectivity index (χ3n) is 8.81. The molecule has 4 aromatic carbocycles. The maximum atomic E-state index is 14.5. The summed E-state index contributed by atoms with van der Waals surface area (Å²) in [4.78, 5) is 43.7. The van der Waals surface area contributed by atoms with Crippen LogP contribution in [0.5, 0.6) is 5.75 Å². The zero-order valence-corrected chi connectivity index (χ0v) is 22.6. The standard InChI is InChI=1S/C33H25ClN2O4/c1-33-28-21-11-5-3-9-19(21)27(20-10-4-6-12-22(20)28)29(33)31(38)36(32(33)39)25-14-8-7-13-23(25)30(37)35-24-17-18(34)15-16-26(24)40-2/h3-17,27-29H,1-2H3,(H,35,37)/t27?,28?,29-,33+/m1/s1. The highest BCUT2D eigenvalue weighted by molar-refractivity contribution is 6.31. The van der Waals surface area contributed by atoms with E-state index in [0.717, 1.165) is 22.3 Å². The van der Waals surface area contributed by atoms with Crippen LogP contribution in [-0.2, 0) is 9.59 Å². The van der Waals surface area contributed by atoms with Crippen molar-refractivity contribution in [1.29, 1.82) is 0 Å². The first-order valence-corrected chi connectivity index (χ1v) is 13.5. The monoisotopic (exact) mass is 548 g/mol. The van der Waals surface area contributed by atoms with Crippen LogP contribution in [-0.4, -0.2) is 24.8 Å². The number of halogens is 1. The average Bonchev–Trinajstić information content (AvgIpc) is 3.18. The van der Waals surface area contributed by atoms with Gasteiger partial charge in [0, 0.05) is 16.9 Å². The third-order valence-corrected chi connectivity index (χ3v) is 9.05. The minimum Gasteiger partial charge on any atom is -0.495 e. The summed E-state index contributed by atoms with van der Waals surface area (Å²) < 4.78 is 5.38. The number of benzene rings is 4. The fourth-order valence-corrected chi connectivity index (χ4v) is 7.34. The topological polar surface area (TPSA) is 75.7 Å². The molecular formula is C33H25ClN2O4. The Morgan fingerprint density at radius 1 is 0.875 bits per heavy atom. The smallest absolute Gasteiger partial charge is 0.257 e. The summed E-state index contributed by atoms with van der Waals surface area (Å²) in [7, 11) is 1.50. The Bertz CT molecular complexity index is 1700. The molecule has 0 radical (unpaired) electrons. The molecular weight excluding hydrogens is 524 g/mol. The van der Waals surface area contributed by atoms with Crippen LogP contribution < -0.4 is 15.0 Å². The molecule has 2 atom stereocenters. The largest absolute Gasteiger partial charge is 0.495 e. The molecule has 0 spiro atoms. The van der Waals surface area contributed by atoms with Crippen LogP contribution in [0.25, 0.3) is 0 Å². The maximum Gasteiger partial charge on any atom is 0.257 e. The Morgan fingerprint density at radius 3 is 2.12 bits per heavy atom. The molecule has 4 aromatic rings. The Kier molecular flexibility index (Phi) is 5.41. The van der Waals surface area contributed by atoms with Gasteiger partial charge >= 0.3 is 0 Å². The molecule has 8 rings (SSSR count). The van der Waals surface area contributed by atoms with Crippen LogP contribution in [0.4, 0.5) is 11.4 Å². The molecule has 0 saturated carbocycles. The second-order valence-corrected chi connectivity index (χ2v) is 11.2. The van der Waals surface area contributed by atoms with Crippen molar-refractivity contribution in [1.82, 2.24) is 0 Å². The van der Waals surface area contributed by atoms with Crippen LogP contribution in [0.2, 0.25) is 5.02 Å². The molecule has 1 fully saturated rings. The van der Waals surface area contributed by atoms with Crippen molar-refractivity contribution in [3.8, 4) is 5.75 Å². The van der Waals surface area contributed by atoms with Crippen molar-refractivity contribution in [2.45, 2.75) is 18.8 Å². The number of anilines is 2. The molecule has 1 saturated heterocycles. The number of imide groups is 1. The van der Waals surface area contributed by atoms with Gasteiger partial charge in [-0.2, -0.15) is 0 Å². The van der Waals surface area contributed by atoms with Gasteiger partial charge in [0.25, 0.3) is 5.91 Å². The van der Waals surface area contributed by atoms with Gasteiger partial charge < -0.3 is 10.1 Å². The molecule has 6 nitrogen and oxygen atoms in total. The summed E-state index contributed by atoms with van der Waals surface area (Å²) in [6.45, 7) is 1.92. The van der Waals surface area contributed by atoms with Crippen molar-refractivity contribution in [2.75, 3.05) is 17.3 Å². The summed E-state index contributed by atoms with van der Waals surface area (Å²) in [6, 6.07) is 27.9. The minimum atomic E-state index is -0.996. The van der Waals surface area contributed by atoms with Gasteiger partial charge in [-0.1, -0.05) is 72.3 Å². The number of para-hydroxylation sites is 1. The van der Waals surface area contributed by atoms with E-state index in [4.69, 9.17) is 16.3 Å². The van der Waals surface area contributed by atoms with Gasteiger partial charge in [0.15, 0.2) is 0 Å². The summed E-state index contributed by atoms with van der Waals surface area (Å²) in [5.41, 5.74) is 4.23. The second kappa shape index (κ2) is 8.80. The predicted molar refractivity (Wildman–Crippen MR) is 153 cm³/mol. The van der Waals surface area contributed by atoms with Crippen LogP contribution >= 0.6 is 11.6 Å². The lowest BCUT2D eigenvalue weighted by atomic mass is 9.48. The quantitative estimate of drug-likeness (QED) is 0.300. The van der Waals surface area contributed by atoms with Crippen LogP contribution in [0.3, 0.4) is 0 Å². The first-order chi connectivity index (χ1) is 19.4. The van der Waals surface area contributed by atoms with E-state index in [1.807, 2.05) is 31.2 Å². The number of ether oxygens (including phenoxy) is 1. The highest BCUT2D eigenvalue weighted by Gasteiger charge is 2.69. The number of carbonyl (C=O) groups excluding carboxylic acids is 3. The number of carbonyl (C=O) groups is 3. The highest BCUT2D eigenvalue weighted by Crippen LogP contribution is 2.67. The molecule has 7 heteroatoms. The van der Waals surface area contributed by atoms with Crippen molar-refractivity contribution >= 4 is 40.7 Å². The zero-order valence-electron chi connectivity index (χ0n) is 21.9. The van der Waals surface area contributed by atoms with E-state index in [1.165, 1.54) is 12.0 Å². The SMILES string of the molecule is COc1ccc(Cl)cc1NC(=O)c1ccccc1N1C(=O)[C@H]2C3c4ccccc4C(c4ccccc43)[C@]2(C)C1=O. The molecule has 0 unspecified atom stereocenters. The number of amides is 3. The Labute approximate surface area is 236 Å². The summed E-state index contributed by atoms with van der Waals surface area (Å²) in [6.07, 6.45) is 0. The van der Waals surface area contributed by atoms with E-state index in [9.17, 15) is 14.4 Å². The van der Waals surface area contributed by atoms with Crippen molar-refractivity contribution in [2.24, 2.45) is 11.3 Å². The maximum absolute atomic E-state index is 14.5. The normalized spacial score (nSPS) is 23.9. The van der Waals surface area contributed by atoms with Crippen LogP contribution in [0.1, 0.15) is 51.4 Å². The van der Waals surface area contributed by atoms with Gasteiger partial charge in [0.1, 0.15) is 5.75 Å². The number of rotatable bonds is 4. The Balaban J connectivity index is 1.34. The van der Waals surface area contributed by atoms with Gasteiger partial charge in [-0.05, 0) is 59.5 Å².